The van der Waals surface area contributed by atoms with Crippen LogP contribution in [0.25, 0.3) is 0 Å². The fourth-order valence-electron chi connectivity index (χ4n) is 0. The van der Waals surface area contributed by atoms with Crippen LogP contribution in [0.15, 0.2) is 0 Å². The highest BCUT2D eigenvalue weighted by molar-refractivity contribution is 14.1. The first kappa shape index (κ1) is 5.21. The van der Waals surface area contributed by atoms with Gasteiger partial charge in [0.2, 0.25) is 3.74 Å². The number of hydrogen-bond acceptors (Lipinski definition) is 1. The zero-order valence-corrected chi connectivity index (χ0v) is 5.03. The molecule has 0 aromatic rings. The molecule has 0 heterocycles. The molecule has 0 amide bonds. The standard InChI is InChI=1S/B2HIS/c1-2(3)4/h4H. The molecule has 0 unspecified atom stereocenters. The molecule has 0 N–H and O–H groups in total. The van der Waals surface area contributed by atoms with E-state index in [1.165, 1.54) is 0 Å². The first-order chi connectivity index (χ1) is 1.73. The SMILES string of the molecule is [B]B(S)I. The average molecular weight is 182 g/mol. The van der Waals surface area contributed by atoms with Crippen molar-refractivity contribution in [3.63, 3.8) is 0 Å². The lowest BCUT2D eigenvalue weighted by molar-refractivity contribution is 4.52. The zero-order chi connectivity index (χ0) is 3.58. The number of halogens is 1. The minimum absolute atomic E-state index is 0.00222. The maximum atomic E-state index is 4.96. The van der Waals surface area contributed by atoms with Crippen LogP contribution in [0.3, 0.4) is 0 Å². The summed E-state index contributed by atoms with van der Waals surface area (Å²) >= 11 is 5.72. The molecule has 0 saturated carbocycles. The molecule has 0 aliphatic carbocycles. The van der Waals surface area contributed by atoms with Crippen molar-refractivity contribution < 1.29 is 0 Å². The Labute approximate surface area is 46.4 Å². The number of hydrogen-bond donors (Lipinski definition) is 1. The molecule has 0 nitrogen and oxygen atoms in total. The maximum absolute atomic E-state index is 4.96. The van der Waals surface area contributed by atoms with E-state index in [1.807, 2.05) is 22.4 Å². The highest BCUT2D eigenvalue weighted by atomic mass is 127. The molecule has 4 heteroatoms. The van der Waals surface area contributed by atoms with Gasteiger partial charge >= 0.3 is 0 Å². The van der Waals surface area contributed by atoms with Gasteiger partial charge in [-0.2, -0.15) is 0 Å². The van der Waals surface area contributed by atoms with Gasteiger partial charge in [-0.25, -0.2) is 12.5 Å². The van der Waals surface area contributed by atoms with Crippen molar-refractivity contribution in [1.29, 1.82) is 0 Å². The smallest absolute Gasteiger partial charge is 0.223 e. The van der Waals surface area contributed by atoms with Crippen molar-refractivity contribution in [1.82, 2.24) is 0 Å². The van der Waals surface area contributed by atoms with Crippen LogP contribution in [0.4, 0.5) is 0 Å². The molecule has 0 bridgehead atoms. The fourth-order valence-corrected chi connectivity index (χ4v) is 0. The van der Waals surface area contributed by atoms with Crippen molar-refractivity contribution in [3.05, 3.63) is 0 Å². The van der Waals surface area contributed by atoms with Crippen LogP contribution in [-0.4, -0.2) is 11.5 Å². The second-order valence-corrected chi connectivity index (χ2v) is 3.26. The molecule has 20 valence electrons. The highest BCUT2D eigenvalue weighted by Crippen LogP contribution is 1.88. The van der Waals surface area contributed by atoms with E-state index in [0.717, 1.165) is 0 Å². The number of thiol groups is 1. The van der Waals surface area contributed by atoms with Crippen LogP contribution in [0.2, 0.25) is 0 Å². The van der Waals surface area contributed by atoms with Gasteiger partial charge in [-0.1, -0.05) is 0 Å². The topological polar surface area (TPSA) is 0 Å². The van der Waals surface area contributed by atoms with Gasteiger partial charge in [0.05, 0.1) is 7.74 Å². The quantitative estimate of drug-likeness (QED) is 0.314. The van der Waals surface area contributed by atoms with E-state index in [0.29, 0.717) is 0 Å². The van der Waals surface area contributed by atoms with E-state index in [9.17, 15) is 0 Å². The van der Waals surface area contributed by atoms with E-state index < -0.39 is 0 Å². The third-order valence-electron chi connectivity index (χ3n) is 0. The van der Waals surface area contributed by atoms with Gasteiger partial charge in [0.15, 0.2) is 0 Å². The summed E-state index contributed by atoms with van der Waals surface area (Å²) in [4.78, 5) is 0. The third kappa shape index (κ3) is 10.7. The van der Waals surface area contributed by atoms with Gasteiger partial charge in [0.1, 0.15) is 0 Å². The molecule has 0 saturated heterocycles. The summed E-state index contributed by atoms with van der Waals surface area (Å²) < 4.78 is -0.00222. The van der Waals surface area contributed by atoms with Gasteiger partial charge in [-0.15, -0.1) is 22.4 Å². The zero-order valence-electron chi connectivity index (χ0n) is 1.98. The van der Waals surface area contributed by atoms with Gasteiger partial charge in [0, 0.05) is 0 Å². The number of rotatable bonds is 0. The summed E-state index contributed by atoms with van der Waals surface area (Å²) in [5.74, 6) is 0. The summed E-state index contributed by atoms with van der Waals surface area (Å²) in [5, 5.41) is 0. The molecule has 0 rings (SSSR count). The Balaban J connectivity index is 2.32. The Morgan fingerprint density at radius 1 is 2.00 bits per heavy atom. The van der Waals surface area contributed by atoms with Crippen molar-refractivity contribution in [2.24, 2.45) is 0 Å². The summed E-state index contributed by atoms with van der Waals surface area (Å²) in [7, 11) is 4.96. The minimum atomic E-state index is -0.00222. The highest BCUT2D eigenvalue weighted by Gasteiger charge is 1.80. The molecular formula is HB2IS. The van der Waals surface area contributed by atoms with Gasteiger partial charge in [0.25, 0.3) is 0 Å². The molecule has 0 aliphatic heterocycles. The Hall–Kier alpha value is 1.21. The molecule has 0 aromatic carbocycles. The molecule has 0 aliphatic rings. The summed E-state index contributed by atoms with van der Waals surface area (Å²) in [5.41, 5.74) is 0. The van der Waals surface area contributed by atoms with Crippen LogP contribution in [0.1, 0.15) is 0 Å². The van der Waals surface area contributed by atoms with Gasteiger partial charge in [-0.05, 0) is 0 Å². The minimum Gasteiger partial charge on any atom is -0.223 e. The van der Waals surface area contributed by atoms with E-state index in [-0.39, 0.29) is 3.74 Å². The Morgan fingerprint density at radius 3 is 2.00 bits per heavy atom. The van der Waals surface area contributed by atoms with E-state index in [1.54, 1.807) is 0 Å². The third-order valence-corrected chi connectivity index (χ3v) is 0. The summed E-state index contributed by atoms with van der Waals surface area (Å²) in [6, 6.07) is 0. The molecule has 0 aromatic heterocycles. The van der Waals surface area contributed by atoms with E-state index in [4.69, 9.17) is 7.74 Å². The van der Waals surface area contributed by atoms with Crippen LogP contribution < -0.4 is 0 Å². The van der Waals surface area contributed by atoms with Crippen LogP contribution in [0.5, 0.6) is 0 Å². The maximum Gasteiger partial charge on any atom is 0.226 e. The largest absolute Gasteiger partial charge is 0.226 e. The summed E-state index contributed by atoms with van der Waals surface area (Å²) in [6.45, 7) is 0. The van der Waals surface area contributed by atoms with Crippen LogP contribution in [-0.2, 0) is 0 Å². The summed E-state index contributed by atoms with van der Waals surface area (Å²) in [6.07, 6.45) is 0. The predicted molar refractivity (Wildman–Crippen MR) is 34.5 cm³/mol. The van der Waals surface area contributed by atoms with Crippen molar-refractivity contribution >= 4 is 46.3 Å². The molecule has 0 spiro atoms. The van der Waals surface area contributed by atoms with Crippen molar-refractivity contribution in [2.45, 2.75) is 0 Å². The van der Waals surface area contributed by atoms with E-state index in [2.05, 4.69) is 12.5 Å². The Kier molecular flexibility index (Phi) is 3.19. The lowest BCUT2D eigenvalue weighted by Gasteiger charge is -1.68. The molecule has 0 atom stereocenters. The van der Waals surface area contributed by atoms with Gasteiger partial charge < -0.3 is 0 Å². The lowest BCUT2D eigenvalue weighted by atomic mass is 9.78. The lowest BCUT2D eigenvalue weighted by Crippen LogP contribution is -1.84. The van der Waals surface area contributed by atoms with Crippen LogP contribution >= 0.6 is 34.9 Å². The molecular weight excluding hydrogens is 181 g/mol. The average Bonchev–Trinajstić information content (AvgIpc) is 0.811. The van der Waals surface area contributed by atoms with Gasteiger partial charge in [-0.3, -0.25) is 0 Å². The Bertz CT molecular complexity index is 10.8. The monoisotopic (exact) mass is 182 g/mol. The molecule has 2 radical (unpaired) electrons. The first-order valence-corrected chi connectivity index (χ1v) is 2.57. The van der Waals surface area contributed by atoms with Crippen molar-refractivity contribution in [3.8, 4) is 0 Å². The Morgan fingerprint density at radius 2 is 2.00 bits per heavy atom. The molecule has 0 fully saturated rings. The van der Waals surface area contributed by atoms with E-state index >= 15 is 0 Å². The second-order valence-electron chi connectivity index (χ2n) is 0.373. The predicted octanol–water partition coefficient (Wildman–Crippen LogP) is 0.505. The first-order valence-electron chi connectivity index (χ1n) is 0.810. The second kappa shape index (κ2) is 2.45. The van der Waals surface area contributed by atoms with Crippen molar-refractivity contribution in [2.75, 3.05) is 0 Å². The normalized spacial score (nSPS) is 6.50. The fraction of sp³-hybridized carbons (Fsp3) is 0. The van der Waals surface area contributed by atoms with Crippen LogP contribution in [0, 0.1) is 0 Å². The molecule has 4 heavy (non-hydrogen) atoms.